The third kappa shape index (κ3) is 2.67. The van der Waals surface area contributed by atoms with Crippen LogP contribution >= 0.6 is 15.9 Å². The van der Waals surface area contributed by atoms with Crippen molar-refractivity contribution in [2.75, 3.05) is 0 Å². The molecule has 2 unspecified atom stereocenters. The first kappa shape index (κ1) is 12.1. The lowest BCUT2D eigenvalue weighted by molar-refractivity contribution is 0.461. The van der Waals surface area contributed by atoms with Crippen LogP contribution in [0.1, 0.15) is 45.2 Å². The summed E-state index contributed by atoms with van der Waals surface area (Å²) in [5.41, 5.74) is 1.90. The zero-order valence-corrected chi connectivity index (χ0v) is 11.8. The van der Waals surface area contributed by atoms with E-state index in [0.29, 0.717) is 17.5 Å². The van der Waals surface area contributed by atoms with Gasteiger partial charge in [-0.3, -0.25) is 0 Å². The summed E-state index contributed by atoms with van der Waals surface area (Å²) >= 11 is 3.48. The average molecular weight is 282 g/mol. The molecule has 1 aliphatic rings. The molecule has 1 nitrogen and oxygen atoms in total. The largest absolute Gasteiger partial charge is 0.307 e. The molecule has 2 atom stereocenters. The van der Waals surface area contributed by atoms with Crippen LogP contribution in [0.4, 0.5) is 0 Å². The van der Waals surface area contributed by atoms with E-state index < -0.39 is 0 Å². The van der Waals surface area contributed by atoms with Crippen LogP contribution < -0.4 is 5.32 Å². The summed E-state index contributed by atoms with van der Waals surface area (Å²) in [5.74, 6) is 0. The molecule has 1 aromatic rings. The van der Waals surface area contributed by atoms with Crippen LogP contribution in [0.3, 0.4) is 0 Å². The third-order valence-electron chi connectivity index (χ3n) is 3.60. The Morgan fingerprint density at radius 1 is 1.38 bits per heavy atom. The van der Waals surface area contributed by atoms with Crippen LogP contribution in [0.25, 0.3) is 0 Å². The minimum atomic E-state index is 0.500. The lowest BCUT2D eigenvalue weighted by Gasteiger charge is -2.18. The lowest BCUT2D eigenvalue weighted by Crippen LogP contribution is -2.25. The molecule has 1 N–H and O–H groups in total. The highest BCUT2D eigenvalue weighted by molar-refractivity contribution is 9.10. The summed E-state index contributed by atoms with van der Waals surface area (Å²) in [5, 5.41) is 3.75. The Kier molecular flexibility index (Phi) is 3.41. The Bertz CT molecular complexity index is 356. The SMILES string of the molecule is CCC(NC1CC1(C)C)c1ccc(Br)cc1. The van der Waals surface area contributed by atoms with Crippen LogP contribution in [0.5, 0.6) is 0 Å². The Hall–Kier alpha value is -0.340. The standard InChI is InChI=1S/C14H20BrN/c1-4-12(16-13-9-14(13,2)3)10-5-7-11(15)8-6-10/h5-8,12-13,16H,4,9H2,1-3H3. The molecule has 16 heavy (non-hydrogen) atoms. The summed E-state index contributed by atoms with van der Waals surface area (Å²) in [7, 11) is 0. The summed E-state index contributed by atoms with van der Waals surface area (Å²) < 4.78 is 1.15. The fourth-order valence-corrected chi connectivity index (χ4v) is 2.40. The van der Waals surface area contributed by atoms with Gasteiger partial charge in [-0.05, 0) is 36.0 Å². The fraction of sp³-hybridized carbons (Fsp3) is 0.571. The smallest absolute Gasteiger partial charge is 0.0320 e. The zero-order valence-electron chi connectivity index (χ0n) is 10.3. The first-order valence-electron chi connectivity index (χ1n) is 6.04. The van der Waals surface area contributed by atoms with Gasteiger partial charge in [-0.2, -0.15) is 0 Å². The second kappa shape index (κ2) is 4.50. The Morgan fingerprint density at radius 2 is 1.94 bits per heavy atom. The quantitative estimate of drug-likeness (QED) is 0.868. The predicted octanol–water partition coefficient (Wildman–Crippen LogP) is 4.29. The molecule has 1 aromatic carbocycles. The van der Waals surface area contributed by atoms with E-state index in [4.69, 9.17) is 0 Å². The normalized spacial score (nSPS) is 24.1. The molecule has 0 amide bonds. The van der Waals surface area contributed by atoms with Crippen molar-refractivity contribution in [1.29, 1.82) is 0 Å². The molecule has 2 heteroatoms. The van der Waals surface area contributed by atoms with Gasteiger partial charge in [0.2, 0.25) is 0 Å². The number of hydrogen-bond donors (Lipinski definition) is 1. The minimum absolute atomic E-state index is 0.500. The lowest BCUT2D eigenvalue weighted by atomic mass is 10.0. The van der Waals surface area contributed by atoms with Crippen molar-refractivity contribution >= 4 is 15.9 Å². The van der Waals surface area contributed by atoms with Crippen LogP contribution in [0, 0.1) is 5.41 Å². The number of benzene rings is 1. The van der Waals surface area contributed by atoms with Gasteiger partial charge in [-0.25, -0.2) is 0 Å². The van der Waals surface area contributed by atoms with Gasteiger partial charge in [-0.15, -0.1) is 0 Å². The van der Waals surface area contributed by atoms with Crippen molar-refractivity contribution in [3.8, 4) is 0 Å². The van der Waals surface area contributed by atoms with Gasteiger partial charge < -0.3 is 5.32 Å². The highest BCUT2D eigenvalue weighted by atomic mass is 79.9. The van der Waals surface area contributed by atoms with Gasteiger partial charge in [0.25, 0.3) is 0 Å². The maximum absolute atomic E-state index is 3.75. The Morgan fingerprint density at radius 3 is 2.38 bits per heavy atom. The van der Waals surface area contributed by atoms with E-state index in [-0.39, 0.29) is 0 Å². The zero-order chi connectivity index (χ0) is 11.8. The molecule has 0 bridgehead atoms. The molecule has 0 radical (unpaired) electrons. The molecule has 88 valence electrons. The van der Waals surface area contributed by atoms with Crippen molar-refractivity contribution in [2.24, 2.45) is 5.41 Å². The number of hydrogen-bond acceptors (Lipinski definition) is 1. The third-order valence-corrected chi connectivity index (χ3v) is 4.13. The average Bonchev–Trinajstić information content (AvgIpc) is 2.84. The first-order valence-corrected chi connectivity index (χ1v) is 6.84. The van der Waals surface area contributed by atoms with E-state index >= 15 is 0 Å². The Balaban J connectivity index is 2.02. The van der Waals surface area contributed by atoms with E-state index in [1.54, 1.807) is 0 Å². The van der Waals surface area contributed by atoms with Gasteiger partial charge >= 0.3 is 0 Å². The van der Waals surface area contributed by atoms with Gasteiger partial charge in [-0.1, -0.05) is 48.8 Å². The topological polar surface area (TPSA) is 12.0 Å². The highest BCUT2D eigenvalue weighted by Gasteiger charge is 2.46. The van der Waals surface area contributed by atoms with Crippen LogP contribution in [0.2, 0.25) is 0 Å². The summed E-state index contributed by atoms with van der Waals surface area (Å²) in [6.07, 6.45) is 2.45. The molecule has 2 rings (SSSR count). The fourth-order valence-electron chi connectivity index (χ4n) is 2.14. The van der Waals surface area contributed by atoms with E-state index in [9.17, 15) is 0 Å². The summed E-state index contributed by atoms with van der Waals surface area (Å²) in [6.45, 7) is 6.91. The number of rotatable bonds is 4. The van der Waals surface area contributed by atoms with Crippen LogP contribution in [-0.2, 0) is 0 Å². The molecule has 0 aromatic heterocycles. The van der Waals surface area contributed by atoms with E-state index in [0.717, 1.165) is 10.9 Å². The van der Waals surface area contributed by atoms with Crippen LogP contribution in [0.15, 0.2) is 28.7 Å². The van der Waals surface area contributed by atoms with Gasteiger partial charge in [0.1, 0.15) is 0 Å². The Labute approximate surface area is 107 Å². The van der Waals surface area contributed by atoms with Crippen LogP contribution in [-0.4, -0.2) is 6.04 Å². The maximum Gasteiger partial charge on any atom is 0.0320 e. The molecule has 0 saturated heterocycles. The molecule has 0 spiro atoms. The second-order valence-electron chi connectivity index (χ2n) is 5.42. The number of nitrogens with one attached hydrogen (secondary N) is 1. The van der Waals surface area contributed by atoms with Crippen molar-refractivity contribution in [3.05, 3.63) is 34.3 Å². The van der Waals surface area contributed by atoms with E-state index in [1.165, 1.54) is 12.0 Å². The predicted molar refractivity (Wildman–Crippen MR) is 72.5 cm³/mol. The first-order chi connectivity index (χ1) is 7.53. The second-order valence-corrected chi connectivity index (χ2v) is 6.34. The summed E-state index contributed by atoms with van der Waals surface area (Å²) in [4.78, 5) is 0. The van der Waals surface area contributed by atoms with Gasteiger partial charge in [0.05, 0.1) is 0 Å². The minimum Gasteiger partial charge on any atom is -0.307 e. The van der Waals surface area contributed by atoms with Crippen molar-refractivity contribution in [2.45, 2.75) is 45.7 Å². The maximum atomic E-state index is 3.75. The van der Waals surface area contributed by atoms with Gasteiger partial charge in [0.15, 0.2) is 0 Å². The molecular weight excluding hydrogens is 262 g/mol. The molecule has 1 saturated carbocycles. The molecule has 1 fully saturated rings. The van der Waals surface area contributed by atoms with Crippen molar-refractivity contribution in [1.82, 2.24) is 5.32 Å². The van der Waals surface area contributed by atoms with Crippen molar-refractivity contribution < 1.29 is 0 Å². The summed E-state index contributed by atoms with van der Waals surface area (Å²) in [6, 6.07) is 9.86. The molecule has 0 aliphatic heterocycles. The monoisotopic (exact) mass is 281 g/mol. The molecule has 0 heterocycles. The van der Waals surface area contributed by atoms with Crippen molar-refractivity contribution in [3.63, 3.8) is 0 Å². The highest BCUT2D eigenvalue weighted by Crippen LogP contribution is 2.46. The molecule has 1 aliphatic carbocycles. The van der Waals surface area contributed by atoms with E-state index in [1.807, 2.05) is 0 Å². The number of halogens is 1. The van der Waals surface area contributed by atoms with E-state index in [2.05, 4.69) is 66.3 Å². The molecular formula is C14H20BrN. The van der Waals surface area contributed by atoms with Gasteiger partial charge in [0, 0.05) is 16.6 Å².